The third kappa shape index (κ3) is 10.1. The standard InChI is InChI=1S/C13H20O2.C11H12O3.C10H16O4/c1-5-11(14)15-10-8-9-6-7-13(10,4)12(9,2)3;1-2-11(12)14-9-8-13-10-6-4-3-5-7-10;1-3-9(11)14-7-10(4-2)5-12-8-13-6-10/h5,9-10H,1,6-8H2,2-4H3;2-7H,1,8-9H2;3H,1,4-8H2,2H3. The summed E-state index contributed by atoms with van der Waals surface area (Å²) in [4.78, 5) is 32.8. The number of rotatable bonds is 11. The van der Waals surface area contributed by atoms with E-state index in [0.29, 0.717) is 44.6 Å². The van der Waals surface area contributed by atoms with Crippen LogP contribution >= 0.6 is 0 Å². The van der Waals surface area contributed by atoms with Crippen LogP contribution in [0.25, 0.3) is 0 Å². The number of hydrogen-bond acceptors (Lipinski definition) is 9. The van der Waals surface area contributed by atoms with E-state index in [0.717, 1.165) is 30.7 Å². The molecular weight excluding hydrogens is 552 g/mol. The van der Waals surface area contributed by atoms with Crippen LogP contribution in [0.1, 0.15) is 53.4 Å². The molecule has 43 heavy (non-hydrogen) atoms. The first kappa shape index (κ1) is 35.8. The second-order valence-corrected chi connectivity index (χ2v) is 11.8. The van der Waals surface area contributed by atoms with Crippen molar-refractivity contribution in [2.24, 2.45) is 22.2 Å². The van der Waals surface area contributed by atoms with E-state index >= 15 is 0 Å². The first-order chi connectivity index (χ1) is 20.5. The second-order valence-electron chi connectivity index (χ2n) is 11.8. The molecule has 0 N–H and O–H groups in total. The maximum Gasteiger partial charge on any atom is 0.330 e. The number of ether oxygens (including phenoxy) is 6. The van der Waals surface area contributed by atoms with Gasteiger partial charge in [-0.15, -0.1) is 0 Å². The highest BCUT2D eigenvalue weighted by Gasteiger charge is 2.62. The monoisotopic (exact) mass is 600 g/mol. The van der Waals surface area contributed by atoms with Crippen LogP contribution < -0.4 is 4.74 Å². The molecule has 3 aliphatic rings. The first-order valence-corrected chi connectivity index (χ1v) is 14.7. The molecule has 3 fully saturated rings. The van der Waals surface area contributed by atoms with Gasteiger partial charge in [0, 0.05) is 23.6 Å². The smallest absolute Gasteiger partial charge is 0.330 e. The van der Waals surface area contributed by atoms with E-state index in [9.17, 15) is 14.4 Å². The molecule has 9 heteroatoms. The van der Waals surface area contributed by atoms with Crippen molar-refractivity contribution in [3.63, 3.8) is 0 Å². The molecule has 1 aromatic rings. The second kappa shape index (κ2) is 17.0. The lowest BCUT2D eigenvalue weighted by molar-refractivity contribution is -0.185. The average molecular weight is 601 g/mol. The predicted molar refractivity (Wildman–Crippen MR) is 163 cm³/mol. The Morgan fingerprint density at radius 3 is 2.02 bits per heavy atom. The fraction of sp³-hybridized carbons (Fsp3) is 0.559. The van der Waals surface area contributed by atoms with Gasteiger partial charge in [-0.1, -0.05) is 65.6 Å². The molecule has 2 aliphatic carbocycles. The van der Waals surface area contributed by atoms with Crippen molar-refractivity contribution in [3.05, 3.63) is 68.3 Å². The van der Waals surface area contributed by atoms with Gasteiger partial charge in [0.15, 0.2) is 0 Å². The van der Waals surface area contributed by atoms with Gasteiger partial charge >= 0.3 is 17.9 Å². The molecule has 1 aromatic carbocycles. The molecule has 0 spiro atoms. The fourth-order valence-corrected chi connectivity index (χ4v) is 5.66. The summed E-state index contributed by atoms with van der Waals surface area (Å²) in [5.41, 5.74) is 0.284. The highest BCUT2D eigenvalue weighted by molar-refractivity contribution is 5.82. The molecule has 1 aliphatic heterocycles. The Kier molecular flexibility index (Phi) is 14.1. The lowest BCUT2D eigenvalue weighted by atomic mass is 9.70. The third-order valence-electron chi connectivity index (χ3n) is 9.07. The zero-order valence-electron chi connectivity index (χ0n) is 26.1. The Hall–Kier alpha value is -3.43. The van der Waals surface area contributed by atoms with Crippen LogP contribution in [0.5, 0.6) is 5.75 Å². The van der Waals surface area contributed by atoms with Crippen LogP contribution in [0.15, 0.2) is 68.3 Å². The van der Waals surface area contributed by atoms with E-state index in [4.69, 9.17) is 28.4 Å². The van der Waals surface area contributed by atoms with Crippen molar-refractivity contribution in [2.45, 2.75) is 59.5 Å². The SMILES string of the molecule is C=CC(=O)OC1CC2CCC1(C)C2(C)C.C=CC(=O)OCC1(CC)COCOC1.C=CC(=O)OCCOc1ccccc1. The number of para-hydroxylation sites is 1. The van der Waals surface area contributed by atoms with E-state index in [-0.39, 0.29) is 29.5 Å². The minimum Gasteiger partial charge on any atom is -0.490 e. The van der Waals surface area contributed by atoms with Crippen LogP contribution in [-0.2, 0) is 38.1 Å². The minimum absolute atomic E-state index is 0.0942. The molecule has 1 saturated heterocycles. The van der Waals surface area contributed by atoms with Gasteiger partial charge in [0.05, 0.1) is 18.6 Å². The number of benzene rings is 1. The molecule has 2 bridgehead atoms. The Labute approximate surface area is 256 Å². The number of carbonyl (C=O) groups excluding carboxylic acids is 3. The number of carbonyl (C=O) groups is 3. The van der Waals surface area contributed by atoms with E-state index in [1.54, 1.807) is 0 Å². The Balaban J connectivity index is 0.000000225. The number of esters is 3. The summed E-state index contributed by atoms with van der Waals surface area (Å²) in [6.45, 7) is 21.4. The van der Waals surface area contributed by atoms with E-state index in [1.807, 2.05) is 37.3 Å². The zero-order valence-corrected chi connectivity index (χ0v) is 26.1. The van der Waals surface area contributed by atoms with Crippen molar-refractivity contribution in [1.82, 2.24) is 0 Å². The van der Waals surface area contributed by atoms with Gasteiger partial charge in [-0.2, -0.15) is 0 Å². The summed E-state index contributed by atoms with van der Waals surface area (Å²) in [5.74, 6) is 0.377. The molecule has 238 valence electrons. The summed E-state index contributed by atoms with van der Waals surface area (Å²) in [6, 6.07) is 9.35. The van der Waals surface area contributed by atoms with Crippen molar-refractivity contribution in [1.29, 1.82) is 0 Å². The summed E-state index contributed by atoms with van der Waals surface area (Å²) in [6.07, 6.45) is 8.00. The van der Waals surface area contributed by atoms with Gasteiger partial charge in [0.25, 0.3) is 0 Å². The molecule has 3 unspecified atom stereocenters. The van der Waals surface area contributed by atoms with Crippen molar-refractivity contribution in [2.75, 3.05) is 39.8 Å². The fourth-order valence-electron chi connectivity index (χ4n) is 5.66. The van der Waals surface area contributed by atoms with Crippen LogP contribution in [-0.4, -0.2) is 63.8 Å². The predicted octanol–water partition coefficient (Wildman–Crippen LogP) is 5.84. The van der Waals surface area contributed by atoms with Gasteiger partial charge in [-0.25, -0.2) is 14.4 Å². The van der Waals surface area contributed by atoms with Gasteiger partial charge in [0.2, 0.25) is 0 Å². The molecule has 4 rings (SSSR count). The maximum atomic E-state index is 11.3. The molecule has 0 radical (unpaired) electrons. The molecule has 1 heterocycles. The molecule has 0 amide bonds. The van der Waals surface area contributed by atoms with Gasteiger partial charge in [-0.3, -0.25) is 0 Å². The molecule has 2 saturated carbocycles. The Morgan fingerprint density at radius 2 is 1.51 bits per heavy atom. The van der Waals surface area contributed by atoms with Gasteiger partial charge in [0.1, 0.15) is 38.5 Å². The maximum absolute atomic E-state index is 11.3. The first-order valence-electron chi connectivity index (χ1n) is 14.7. The quantitative estimate of drug-likeness (QED) is 0.134. The highest BCUT2D eigenvalue weighted by Crippen LogP contribution is 2.66. The largest absolute Gasteiger partial charge is 0.490 e. The van der Waals surface area contributed by atoms with Gasteiger partial charge < -0.3 is 28.4 Å². The average Bonchev–Trinajstić information content (AvgIpc) is 3.37. The summed E-state index contributed by atoms with van der Waals surface area (Å²) in [5, 5.41) is 0. The lowest BCUT2D eigenvalue weighted by Gasteiger charge is -2.38. The lowest BCUT2D eigenvalue weighted by Crippen LogP contribution is -2.41. The van der Waals surface area contributed by atoms with Crippen LogP contribution in [0.4, 0.5) is 0 Å². The molecule has 9 nitrogen and oxygen atoms in total. The third-order valence-corrected chi connectivity index (χ3v) is 9.07. The van der Waals surface area contributed by atoms with Crippen molar-refractivity contribution in [3.8, 4) is 5.75 Å². The summed E-state index contributed by atoms with van der Waals surface area (Å²) < 4.78 is 30.9. The van der Waals surface area contributed by atoms with Crippen LogP contribution in [0, 0.1) is 22.2 Å². The van der Waals surface area contributed by atoms with Crippen molar-refractivity contribution < 1.29 is 42.8 Å². The van der Waals surface area contributed by atoms with E-state index in [1.165, 1.54) is 18.9 Å². The molecular formula is C34H48O9. The minimum atomic E-state index is -0.429. The van der Waals surface area contributed by atoms with E-state index < -0.39 is 11.9 Å². The topological polar surface area (TPSA) is 107 Å². The molecule has 3 atom stereocenters. The number of hydrogen-bond donors (Lipinski definition) is 0. The summed E-state index contributed by atoms with van der Waals surface area (Å²) >= 11 is 0. The van der Waals surface area contributed by atoms with Crippen LogP contribution in [0.2, 0.25) is 0 Å². The molecule has 0 aromatic heterocycles. The summed E-state index contributed by atoms with van der Waals surface area (Å²) in [7, 11) is 0. The van der Waals surface area contributed by atoms with E-state index in [2.05, 4.69) is 40.5 Å². The number of fused-ring (bicyclic) bond motifs is 2. The normalized spacial score (nSPS) is 24.0. The van der Waals surface area contributed by atoms with Crippen LogP contribution in [0.3, 0.4) is 0 Å². The Bertz CT molecular complexity index is 1070. The van der Waals surface area contributed by atoms with Crippen molar-refractivity contribution >= 4 is 17.9 Å². The van der Waals surface area contributed by atoms with Gasteiger partial charge in [-0.05, 0) is 49.1 Å². The highest BCUT2D eigenvalue weighted by atomic mass is 16.7. The zero-order chi connectivity index (χ0) is 31.9. The Morgan fingerprint density at radius 1 is 0.907 bits per heavy atom.